The summed E-state index contributed by atoms with van der Waals surface area (Å²) in [6.45, 7) is 6.70. The van der Waals surface area contributed by atoms with Crippen LogP contribution in [-0.2, 0) is 0 Å². The zero-order chi connectivity index (χ0) is 14.4. The van der Waals surface area contributed by atoms with E-state index in [1.54, 1.807) is 14.2 Å². The minimum absolute atomic E-state index is 0.0220. The SMILES string of the molecule is COc1cc(C)c(NCC(C#N)C(C)C)c(OC)c1. The molecule has 0 spiro atoms. The number of hydrogen-bond donors (Lipinski definition) is 1. The van der Waals surface area contributed by atoms with Gasteiger partial charge in [-0.15, -0.1) is 0 Å². The highest BCUT2D eigenvalue weighted by Crippen LogP contribution is 2.33. The van der Waals surface area contributed by atoms with Crippen LogP contribution in [0, 0.1) is 30.1 Å². The van der Waals surface area contributed by atoms with Crippen molar-refractivity contribution in [1.29, 1.82) is 5.26 Å². The summed E-state index contributed by atoms with van der Waals surface area (Å²) < 4.78 is 10.6. The topological polar surface area (TPSA) is 54.3 Å². The first-order valence-corrected chi connectivity index (χ1v) is 6.39. The number of rotatable bonds is 6. The molecule has 0 bridgehead atoms. The molecule has 0 radical (unpaired) electrons. The molecule has 1 rings (SSSR count). The third kappa shape index (κ3) is 3.78. The fraction of sp³-hybridized carbons (Fsp3) is 0.533. The molecule has 0 saturated carbocycles. The van der Waals surface area contributed by atoms with E-state index in [1.807, 2.05) is 32.9 Å². The molecule has 0 saturated heterocycles. The molecule has 1 aromatic rings. The van der Waals surface area contributed by atoms with Gasteiger partial charge in [-0.1, -0.05) is 13.8 Å². The number of ether oxygens (including phenoxy) is 2. The zero-order valence-corrected chi connectivity index (χ0v) is 12.3. The van der Waals surface area contributed by atoms with Gasteiger partial charge in [-0.05, 0) is 24.5 Å². The van der Waals surface area contributed by atoms with Crippen LogP contribution in [0.25, 0.3) is 0 Å². The summed E-state index contributed by atoms with van der Waals surface area (Å²) in [7, 11) is 3.26. The van der Waals surface area contributed by atoms with E-state index in [2.05, 4.69) is 11.4 Å². The summed E-state index contributed by atoms with van der Waals surface area (Å²) >= 11 is 0. The lowest BCUT2D eigenvalue weighted by atomic mass is 9.97. The molecule has 4 heteroatoms. The minimum Gasteiger partial charge on any atom is -0.497 e. The van der Waals surface area contributed by atoms with Gasteiger partial charge in [0.05, 0.1) is 31.9 Å². The predicted octanol–water partition coefficient (Wildman–Crippen LogP) is 3.22. The van der Waals surface area contributed by atoms with Crippen molar-refractivity contribution in [1.82, 2.24) is 0 Å². The van der Waals surface area contributed by atoms with E-state index in [0.717, 1.165) is 22.7 Å². The van der Waals surface area contributed by atoms with Gasteiger partial charge in [0, 0.05) is 12.6 Å². The molecule has 1 N–H and O–H groups in total. The minimum atomic E-state index is -0.0220. The van der Waals surface area contributed by atoms with E-state index in [0.29, 0.717) is 12.5 Å². The van der Waals surface area contributed by atoms with E-state index in [4.69, 9.17) is 14.7 Å². The third-order valence-corrected chi connectivity index (χ3v) is 3.20. The Labute approximate surface area is 115 Å². The summed E-state index contributed by atoms with van der Waals surface area (Å²) in [5.74, 6) is 1.80. The lowest BCUT2D eigenvalue weighted by Gasteiger charge is -2.19. The fourth-order valence-corrected chi connectivity index (χ4v) is 1.87. The number of nitrogens with zero attached hydrogens (tertiary/aromatic N) is 1. The van der Waals surface area contributed by atoms with E-state index >= 15 is 0 Å². The first-order chi connectivity index (χ1) is 9.03. The molecule has 0 fully saturated rings. The number of methoxy groups -OCH3 is 2. The van der Waals surface area contributed by atoms with Gasteiger partial charge in [-0.3, -0.25) is 0 Å². The molecule has 19 heavy (non-hydrogen) atoms. The van der Waals surface area contributed by atoms with Crippen LogP contribution in [-0.4, -0.2) is 20.8 Å². The molecule has 1 aromatic carbocycles. The van der Waals surface area contributed by atoms with Crippen LogP contribution in [0.1, 0.15) is 19.4 Å². The molecule has 0 aliphatic rings. The van der Waals surface area contributed by atoms with Crippen molar-refractivity contribution >= 4 is 5.69 Å². The largest absolute Gasteiger partial charge is 0.497 e. The molecule has 1 unspecified atom stereocenters. The van der Waals surface area contributed by atoms with Crippen LogP contribution in [0.5, 0.6) is 11.5 Å². The highest BCUT2D eigenvalue weighted by atomic mass is 16.5. The Bertz CT molecular complexity index is 464. The third-order valence-electron chi connectivity index (χ3n) is 3.20. The van der Waals surface area contributed by atoms with Crippen molar-refractivity contribution in [3.8, 4) is 17.6 Å². The second kappa shape index (κ2) is 6.89. The van der Waals surface area contributed by atoms with Crippen molar-refractivity contribution in [3.05, 3.63) is 17.7 Å². The number of benzene rings is 1. The molecular formula is C15H22N2O2. The van der Waals surface area contributed by atoms with Crippen LogP contribution < -0.4 is 14.8 Å². The van der Waals surface area contributed by atoms with Crippen LogP contribution in [0.3, 0.4) is 0 Å². The molecule has 0 amide bonds. The molecular weight excluding hydrogens is 240 g/mol. The lowest BCUT2D eigenvalue weighted by Crippen LogP contribution is -2.18. The maximum Gasteiger partial charge on any atom is 0.145 e. The van der Waals surface area contributed by atoms with Crippen molar-refractivity contribution in [2.75, 3.05) is 26.1 Å². The Morgan fingerprint density at radius 1 is 1.26 bits per heavy atom. The second-order valence-electron chi connectivity index (χ2n) is 4.88. The standard InChI is InChI=1S/C15H22N2O2/c1-10(2)12(8-16)9-17-15-11(3)6-13(18-4)7-14(15)19-5/h6-7,10,12,17H,9H2,1-5H3. The van der Waals surface area contributed by atoms with Crippen molar-refractivity contribution < 1.29 is 9.47 Å². The average molecular weight is 262 g/mol. The van der Waals surface area contributed by atoms with E-state index < -0.39 is 0 Å². The van der Waals surface area contributed by atoms with Crippen LogP contribution in [0.4, 0.5) is 5.69 Å². The summed E-state index contributed by atoms with van der Waals surface area (Å²) in [5, 5.41) is 12.4. The summed E-state index contributed by atoms with van der Waals surface area (Å²) in [6, 6.07) is 6.11. The zero-order valence-electron chi connectivity index (χ0n) is 12.3. The van der Waals surface area contributed by atoms with Crippen LogP contribution in [0.2, 0.25) is 0 Å². The maximum absolute atomic E-state index is 9.11. The maximum atomic E-state index is 9.11. The highest BCUT2D eigenvalue weighted by Gasteiger charge is 2.15. The first-order valence-electron chi connectivity index (χ1n) is 6.39. The van der Waals surface area contributed by atoms with Crippen LogP contribution >= 0.6 is 0 Å². The molecule has 104 valence electrons. The summed E-state index contributed by atoms with van der Waals surface area (Å²) in [4.78, 5) is 0. The number of hydrogen-bond acceptors (Lipinski definition) is 4. The number of nitrogens with one attached hydrogen (secondary N) is 1. The fourth-order valence-electron chi connectivity index (χ4n) is 1.87. The van der Waals surface area contributed by atoms with E-state index in [9.17, 15) is 0 Å². The monoisotopic (exact) mass is 262 g/mol. The molecule has 0 aromatic heterocycles. The molecule has 0 heterocycles. The Kier molecular flexibility index (Phi) is 5.50. The Balaban J connectivity index is 2.92. The smallest absolute Gasteiger partial charge is 0.145 e. The average Bonchev–Trinajstić information content (AvgIpc) is 2.39. The predicted molar refractivity (Wildman–Crippen MR) is 76.7 cm³/mol. The Morgan fingerprint density at radius 3 is 2.42 bits per heavy atom. The molecule has 1 atom stereocenters. The van der Waals surface area contributed by atoms with Gasteiger partial charge in [0.1, 0.15) is 11.5 Å². The quantitative estimate of drug-likeness (QED) is 0.855. The van der Waals surface area contributed by atoms with Gasteiger partial charge >= 0.3 is 0 Å². The van der Waals surface area contributed by atoms with Crippen molar-refractivity contribution in [2.45, 2.75) is 20.8 Å². The molecule has 4 nitrogen and oxygen atoms in total. The van der Waals surface area contributed by atoms with Crippen molar-refractivity contribution in [2.24, 2.45) is 11.8 Å². The van der Waals surface area contributed by atoms with Gasteiger partial charge in [-0.2, -0.15) is 5.26 Å². The van der Waals surface area contributed by atoms with Gasteiger partial charge in [-0.25, -0.2) is 0 Å². The van der Waals surface area contributed by atoms with Crippen molar-refractivity contribution in [3.63, 3.8) is 0 Å². The van der Waals surface area contributed by atoms with E-state index in [1.165, 1.54) is 0 Å². The van der Waals surface area contributed by atoms with Gasteiger partial charge < -0.3 is 14.8 Å². The summed E-state index contributed by atoms with van der Waals surface area (Å²) in [6.07, 6.45) is 0. The molecule has 0 aliphatic heterocycles. The Hall–Kier alpha value is -1.89. The summed E-state index contributed by atoms with van der Waals surface area (Å²) in [5.41, 5.74) is 1.96. The van der Waals surface area contributed by atoms with Gasteiger partial charge in [0.15, 0.2) is 0 Å². The highest BCUT2D eigenvalue weighted by molar-refractivity contribution is 5.64. The Morgan fingerprint density at radius 2 is 1.95 bits per heavy atom. The second-order valence-corrected chi connectivity index (χ2v) is 4.88. The molecule has 0 aliphatic carbocycles. The first kappa shape index (κ1) is 15.2. The number of anilines is 1. The number of aryl methyl sites for hydroxylation is 1. The van der Waals surface area contributed by atoms with E-state index in [-0.39, 0.29) is 5.92 Å². The van der Waals surface area contributed by atoms with Gasteiger partial charge in [0.25, 0.3) is 0 Å². The number of nitriles is 1. The normalized spacial score (nSPS) is 11.8. The lowest BCUT2D eigenvalue weighted by molar-refractivity contribution is 0.394. The van der Waals surface area contributed by atoms with Crippen LogP contribution in [0.15, 0.2) is 12.1 Å². The van der Waals surface area contributed by atoms with Gasteiger partial charge in [0.2, 0.25) is 0 Å².